The van der Waals surface area contributed by atoms with Crippen molar-refractivity contribution in [1.29, 1.82) is 0 Å². The number of hydrogen-bond donors (Lipinski definition) is 2. The number of ether oxygens (including phenoxy) is 1. The summed E-state index contributed by atoms with van der Waals surface area (Å²) < 4.78 is 25.6. The SMILES string of the molecule is COC(c1ccc(C(=O)NC(CCSC)C(=O)O)c(-c2ccccc2C)c1)c1ccc(-c2cccc(F)c2)o1.[LiH]. The molecule has 2 atom stereocenters. The van der Waals surface area contributed by atoms with E-state index in [1.54, 1.807) is 43.5 Å². The van der Waals surface area contributed by atoms with Gasteiger partial charge in [0, 0.05) is 18.2 Å². The van der Waals surface area contributed by atoms with Crippen LogP contribution in [0.5, 0.6) is 0 Å². The number of carbonyl (C=O) groups is 2. The molecule has 0 radical (unpaired) electrons. The second kappa shape index (κ2) is 14.4. The molecule has 2 N–H and O–H groups in total. The number of carboxylic acids is 1. The van der Waals surface area contributed by atoms with Gasteiger partial charge >= 0.3 is 24.8 Å². The van der Waals surface area contributed by atoms with Crippen molar-refractivity contribution in [2.24, 2.45) is 0 Å². The molecule has 0 aliphatic rings. The van der Waals surface area contributed by atoms with Crippen LogP contribution in [0, 0.1) is 12.7 Å². The maximum atomic E-state index is 13.7. The molecule has 2 unspecified atom stereocenters. The molecular formula is C31H31FLiNO5S. The van der Waals surface area contributed by atoms with Crippen LogP contribution in [0.1, 0.15) is 39.8 Å². The van der Waals surface area contributed by atoms with Crippen molar-refractivity contribution in [2.45, 2.75) is 25.5 Å². The van der Waals surface area contributed by atoms with E-state index in [2.05, 4.69) is 5.32 Å². The number of furan rings is 1. The normalized spacial score (nSPS) is 12.3. The predicted molar refractivity (Wildman–Crippen MR) is 159 cm³/mol. The van der Waals surface area contributed by atoms with E-state index in [9.17, 15) is 19.1 Å². The van der Waals surface area contributed by atoms with Gasteiger partial charge in [0.2, 0.25) is 0 Å². The zero-order chi connectivity index (χ0) is 27.9. The number of methoxy groups -OCH3 is 1. The van der Waals surface area contributed by atoms with Gasteiger partial charge in [-0.2, -0.15) is 11.8 Å². The zero-order valence-electron chi connectivity index (χ0n) is 21.9. The Morgan fingerprint density at radius 2 is 1.80 bits per heavy atom. The molecule has 4 rings (SSSR count). The standard InChI is InChI=1S/C31H30FNO5S.Li.H/c1-19-7-4-5-10-23(19)25-18-21(11-12-24(25)30(34)33-26(31(35)36)15-16-39-3)29(37-2)28-14-13-27(38-28)20-8-6-9-22(32)17-20;;/h4-14,17-18,26,29H,15-16H2,1-3H3,(H,33,34)(H,35,36);;. The fourth-order valence-electron chi connectivity index (χ4n) is 4.46. The van der Waals surface area contributed by atoms with Crippen LogP contribution in [0.2, 0.25) is 0 Å². The maximum absolute atomic E-state index is 13.7. The van der Waals surface area contributed by atoms with Crippen molar-refractivity contribution in [2.75, 3.05) is 19.1 Å². The summed E-state index contributed by atoms with van der Waals surface area (Å²) in [7, 11) is 1.56. The van der Waals surface area contributed by atoms with Crippen molar-refractivity contribution >= 4 is 42.5 Å². The summed E-state index contributed by atoms with van der Waals surface area (Å²) in [6, 6.07) is 21.7. The van der Waals surface area contributed by atoms with Gasteiger partial charge in [0.15, 0.2) is 0 Å². The number of benzene rings is 3. The first-order valence-electron chi connectivity index (χ1n) is 12.4. The summed E-state index contributed by atoms with van der Waals surface area (Å²) in [5.74, 6) is -0.258. The Balaban J connectivity index is 0.00000441. The molecular weight excluding hydrogens is 524 g/mol. The van der Waals surface area contributed by atoms with Gasteiger partial charge in [0.1, 0.15) is 29.5 Å². The summed E-state index contributed by atoms with van der Waals surface area (Å²) in [6.45, 7) is 1.95. The summed E-state index contributed by atoms with van der Waals surface area (Å²) in [5, 5.41) is 12.3. The Labute approximate surface area is 249 Å². The average molecular weight is 556 g/mol. The summed E-state index contributed by atoms with van der Waals surface area (Å²) in [4.78, 5) is 25.1. The molecule has 1 aromatic heterocycles. The van der Waals surface area contributed by atoms with E-state index >= 15 is 0 Å². The van der Waals surface area contributed by atoms with Gasteiger partial charge < -0.3 is 19.6 Å². The zero-order valence-corrected chi connectivity index (χ0v) is 22.8. The minimum atomic E-state index is -1.07. The molecule has 1 amide bonds. The number of nitrogens with one attached hydrogen (secondary N) is 1. The van der Waals surface area contributed by atoms with Gasteiger partial charge in [-0.15, -0.1) is 0 Å². The van der Waals surface area contributed by atoms with E-state index in [0.717, 1.165) is 16.7 Å². The predicted octanol–water partition coefficient (Wildman–Crippen LogP) is 6.08. The molecule has 0 bridgehead atoms. The molecule has 0 saturated carbocycles. The molecule has 204 valence electrons. The molecule has 40 heavy (non-hydrogen) atoms. The van der Waals surface area contributed by atoms with E-state index in [0.29, 0.717) is 40.4 Å². The van der Waals surface area contributed by atoms with Crippen LogP contribution in [-0.4, -0.2) is 61.0 Å². The van der Waals surface area contributed by atoms with E-state index in [1.165, 1.54) is 23.9 Å². The summed E-state index contributed by atoms with van der Waals surface area (Å²) >= 11 is 1.52. The van der Waals surface area contributed by atoms with Crippen molar-refractivity contribution in [1.82, 2.24) is 5.32 Å². The van der Waals surface area contributed by atoms with Gasteiger partial charge in [-0.05, 0) is 84.0 Å². The summed E-state index contributed by atoms with van der Waals surface area (Å²) in [6.07, 6.45) is 1.61. The molecule has 9 heteroatoms. The molecule has 4 aromatic rings. The van der Waals surface area contributed by atoms with Crippen LogP contribution in [-0.2, 0) is 9.53 Å². The van der Waals surface area contributed by atoms with Gasteiger partial charge in [-0.25, -0.2) is 9.18 Å². The van der Waals surface area contributed by atoms with E-state index < -0.39 is 24.0 Å². The molecule has 6 nitrogen and oxygen atoms in total. The Hall–Kier alpha value is -3.28. The van der Waals surface area contributed by atoms with Crippen LogP contribution < -0.4 is 5.32 Å². The topological polar surface area (TPSA) is 88.8 Å². The first kappa shape index (κ1) is 31.2. The van der Waals surface area contributed by atoms with Crippen molar-refractivity contribution < 1.29 is 28.2 Å². The number of halogens is 1. The number of aryl methyl sites for hydroxylation is 1. The van der Waals surface area contributed by atoms with Crippen molar-refractivity contribution in [3.63, 3.8) is 0 Å². The molecule has 3 aromatic carbocycles. The number of amides is 1. The van der Waals surface area contributed by atoms with Crippen LogP contribution in [0.25, 0.3) is 22.5 Å². The number of carboxylic acid groups (broad SMARTS) is 1. The quantitative estimate of drug-likeness (QED) is 0.218. The number of hydrogen-bond acceptors (Lipinski definition) is 5. The third-order valence-corrected chi connectivity index (χ3v) is 7.11. The minimum absolute atomic E-state index is 0. The van der Waals surface area contributed by atoms with Gasteiger partial charge in [-0.1, -0.05) is 42.5 Å². The van der Waals surface area contributed by atoms with Gasteiger partial charge in [0.05, 0.1) is 0 Å². The Bertz CT molecular complexity index is 1470. The Morgan fingerprint density at radius 3 is 2.48 bits per heavy atom. The fraction of sp³-hybridized carbons (Fsp3) is 0.226. The van der Waals surface area contributed by atoms with Crippen LogP contribution in [0.3, 0.4) is 0 Å². The van der Waals surface area contributed by atoms with Crippen molar-refractivity contribution in [3.05, 3.63) is 107 Å². The third kappa shape index (κ3) is 7.26. The van der Waals surface area contributed by atoms with E-state index in [4.69, 9.17) is 9.15 Å². The molecule has 0 aliphatic heterocycles. The Kier molecular flexibility index (Phi) is 11.2. The van der Waals surface area contributed by atoms with Crippen LogP contribution in [0.4, 0.5) is 4.39 Å². The van der Waals surface area contributed by atoms with Crippen LogP contribution in [0.15, 0.2) is 83.3 Å². The van der Waals surface area contributed by atoms with E-state index in [-0.39, 0.29) is 24.7 Å². The van der Waals surface area contributed by atoms with Gasteiger partial charge in [-0.3, -0.25) is 4.79 Å². The Morgan fingerprint density at radius 1 is 1.02 bits per heavy atom. The second-order valence-corrected chi connectivity index (χ2v) is 10.1. The number of thioether (sulfide) groups is 1. The molecule has 0 saturated heterocycles. The van der Waals surface area contributed by atoms with Crippen molar-refractivity contribution in [3.8, 4) is 22.5 Å². The number of aliphatic carboxylic acids is 1. The molecule has 0 fully saturated rings. The summed E-state index contributed by atoms with van der Waals surface area (Å²) in [5.41, 5.74) is 4.16. The molecule has 0 spiro atoms. The first-order chi connectivity index (χ1) is 18.8. The number of rotatable bonds is 11. The van der Waals surface area contributed by atoms with Crippen LogP contribution >= 0.6 is 11.8 Å². The fourth-order valence-corrected chi connectivity index (χ4v) is 4.93. The molecule has 1 heterocycles. The number of carbonyl (C=O) groups excluding carboxylic acids is 1. The average Bonchev–Trinajstić information content (AvgIpc) is 3.41. The first-order valence-corrected chi connectivity index (χ1v) is 13.8. The van der Waals surface area contributed by atoms with Gasteiger partial charge in [0.25, 0.3) is 5.91 Å². The third-order valence-electron chi connectivity index (χ3n) is 6.47. The second-order valence-electron chi connectivity index (χ2n) is 9.09. The van der Waals surface area contributed by atoms with E-state index in [1.807, 2.05) is 43.5 Å². The monoisotopic (exact) mass is 555 g/mol. The molecule has 0 aliphatic carbocycles.